The Hall–Kier alpha value is -1.55. The highest BCUT2D eigenvalue weighted by atomic mass is 16.1. The van der Waals surface area contributed by atoms with Gasteiger partial charge in [0.2, 0.25) is 0 Å². The summed E-state index contributed by atoms with van der Waals surface area (Å²) in [6.07, 6.45) is 0. The first-order chi connectivity index (χ1) is 8.04. The third-order valence-corrected chi connectivity index (χ3v) is 3.01. The lowest BCUT2D eigenvalue weighted by Crippen LogP contribution is -2.23. The van der Waals surface area contributed by atoms with E-state index in [9.17, 15) is 4.79 Å². The van der Waals surface area contributed by atoms with Crippen LogP contribution in [0.15, 0.2) is 23.0 Å². The van der Waals surface area contributed by atoms with Gasteiger partial charge >= 0.3 is 0 Å². The molecule has 1 heterocycles. The molecular weight excluding hydrogens is 214 g/mol. The Kier molecular flexibility index (Phi) is 3.07. The molecule has 1 aromatic carbocycles. The van der Waals surface area contributed by atoms with Crippen molar-refractivity contribution < 1.29 is 0 Å². The first-order valence-corrected chi connectivity index (χ1v) is 5.93. The van der Waals surface area contributed by atoms with E-state index in [0.717, 1.165) is 23.0 Å². The molecule has 1 aromatic heterocycles. The van der Waals surface area contributed by atoms with Crippen LogP contribution in [0.3, 0.4) is 0 Å². The van der Waals surface area contributed by atoms with Crippen LogP contribution in [0.4, 0.5) is 0 Å². The van der Waals surface area contributed by atoms with Gasteiger partial charge in [-0.05, 0) is 23.6 Å². The summed E-state index contributed by atoms with van der Waals surface area (Å²) in [5, 5.41) is 0.760. The van der Waals surface area contributed by atoms with Gasteiger partial charge in [-0.15, -0.1) is 0 Å². The molecule has 0 atom stereocenters. The van der Waals surface area contributed by atoms with Gasteiger partial charge in [0.15, 0.2) is 0 Å². The molecule has 2 aromatic rings. The van der Waals surface area contributed by atoms with Crippen molar-refractivity contribution in [1.29, 1.82) is 0 Å². The third-order valence-electron chi connectivity index (χ3n) is 3.01. The summed E-state index contributed by atoms with van der Waals surface area (Å²) in [6, 6.07) is 5.84. The van der Waals surface area contributed by atoms with Crippen LogP contribution in [0.1, 0.15) is 19.4 Å². The van der Waals surface area contributed by atoms with Crippen LogP contribution in [0.25, 0.3) is 10.9 Å². The van der Waals surface area contributed by atoms with Crippen molar-refractivity contribution in [3.05, 3.63) is 34.1 Å². The third kappa shape index (κ3) is 2.00. The SMILES string of the molecule is CC(C)Cn1c(=O)c2cc(CN)ccc2n1C. The number of hydrogen-bond acceptors (Lipinski definition) is 2. The molecule has 0 saturated carbocycles. The lowest BCUT2D eigenvalue weighted by molar-refractivity contribution is 0.424. The van der Waals surface area contributed by atoms with Gasteiger partial charge in [0.25, 0.3) is 5.56 Å². The number of fused-ring (bicyclic) bond motifs is 1. The molecular formula is C13H19N3O. The second kappa shape index (κ2) is 4.37. The molecule has 4 nitrogen and oxygen atoms in total. The number of benzene rings is 1. The zero-order valence-corrected chi connectivity index (χ0v) is 10.6. The molecule has 4 heteroatoms. The smallest absolute Gasteiger partial charge is 0.274 e. The Balaban J connectivity index is 2.67. The quantitative estimate of drug-likeness (QED) is 0.872. The average molecular weight is 233 g/mol. The van der Waals surface area contributed by atoms with Crippen molar-refractivity contribution in [2.45, 2.75) is 26.9 Å². The average Bonchev–Trinajstić information content (AvgIpc) is 2.53. The first kappa shape index (κ1) is 11.9. The summed E-state index contributed by atoms with van der Waals surface area (Å²) in [6.45, 7) is 5.42. The molecule has 0 amide bonds. The van der Waals surface area contributed by atoms with E-state index in [1.165, 1.54) is 0 Å². The second-order valence-corrected chi connectivity index (χ2v) is 4.86. The van der Waals surface area contributed by atoms with E-state index >= 15 is 0 Å². The van der Waals surface area contributed by atoms with Crippen LogP contribution in [0.2, 0.25) is 0 Å². The Bertz CT molecular complexity index is 592. The van der Waals surface area contributed by atoms with Crippen molar-refractivity contribution in [2.24, 2.45) is 18.7 Å². The number of nitrogens with two attached hydrogens (primary N) is 1. The molecule has 0 saturated heterocycles. The number of aromatic nitrogens is 2. The van der Waals surface area contributed by atoms with Crippen LogP contribution in [0, 0.1) is 5.92 Å². The number of hydrogen-bond donors (Lipinski definition) is 1. The van der Waals surface area contributed by atoms with E-state index in [1.807, 2.05) is 29.9 Å². The standard InChI is InChI=1S/C13H19N3O/c1-9(2)8-16-13(17)11-6-10(7-14)4-5-12(11)15(16)3/h4-6,9H,7-8,14H2,1-3H3. The molecule has 0 bridgehead atoms. The summed E-state index contributed by atoms with van der Waals surface area (Å²) in [4.78, 5) is 12.3. The molecule has 2 N–H and O–H groups in total. The Morgan fingerprint density at radius 1 is 1.35 bits per heavy atom. The highest BCUT2D eigenvalue weighted by molar-refractivity contribution is 5.79. The van der Waals surface area contributed by atoms with Crippen molar-refractivity contribution in [1.82, 2.24) is 9.36 Å². The van der Waals surface area contributed by atoms with Crippen molar-refractivity contribution >= 4 is 10.9 Å². The van der Waals surface area contributed by atoms with Crippen molar-refractivity contribution in [2.75, 3.05) is 0 Å². The maximum absolute atomic E-state index is 12.3. The van der Waals surface area contributed by atoms with E-state index < -0.39 is 0 Å². The van der Waals surface area contributed by atoms with Gasteiger partial charge in [-0.25, -0.2) is 4.68 Å². The largest absolute Gasteiger partial charge is 0.326 e. The molecule has 0 spiro atoms. The maximum Gasteiger partial charge on any atom is 0.274 e. The molecule has 17 heavy (non-hydrogen) atoms. The summed E-state index contributed by atoms with van der Waals surface area (Å²) in [5.41, 5.74) is 7.64. The molecule has 2 rings (SSSR count). The summed E-state index contributed by atoms with van der Waals surface area (Å²) in [7, 11) is 1.92. The van der Waals surface area contributed by atoms with Crippen molar-refractivity contribution in [3.63, 3.8) is 0 Å². The van der Waals surface area contributed by atoms with Gasteiger partial charge in [-0.3, -0.25) is 9.48 Å². The fourth-order valence-electron chi connectivity index (χ4n) is 2.12. The summed E-state index contributed by atoms with van der Waals surface area (Å²) >= 11 is 0. The minimum Gasteiger partial charge on any atom is -0.326 e. The minimum atomic E-state index is 0.0755. The van der Waals surface area contributed by atoms with Gasteiger partial charge in [0, 0.05) is 20.1 Å². The molecule has 0 aliphatic rings. The van der Waals surface area contributed by atoms with Gasteiger partial charge in [-0.2, -0.15) is 0 Å². The molecule has 0 aliphatic heterocycles. The highest BCUT2D eigenvalue weighted by Crippen LogP contribution is 2.13. The van der Waals surface area contributed by atoms with Crippen LogP contribution in [0.5, 0.6) is 0 Å². The van der Waals surface area contributed by atoms with Gasteiger partial charge in [-0.1, -0.05) is 19.9 Å². The maximum atomic E-state index is 12.3. The van der Waals surface area contributed by atoms with E-state index in [0.29, 0.717) is 12.5 Å². The number of nitrogens with zero attached hydrogens (tertiary/aromatic N) is 2. The Morgan fingerprint density at radius 2 is 2.06 bits per heavy atom. The lowest BCUT2D eigenvalue weighted by Gasteiger charge is -2.09. The Labute approximate surface area is 101 Å². The van der Waals surface area contributed by atoms with Gasteiger partial charge in [0.05, 0.1) is 10.9 Å². The molecule has 0 aliphatic carbocycles. The van der Waals surface area contributed by atoms with Crippen molar-refractivity contribution in [3.8, 4) is 0 Å². The van der Waals surface area contributed by atoms with E-state index in [4.69, 9.17) is 5.73 Å². The fraction of sp³-hybridized carbons (Fsp3) is 0.462. The second-order valence-electron chi connectivity index (χ2n) is 4.86. The lowest BCUT2D eigenvalue weighted by atomic mass is 10.1. The summed E-state index contributed by atoms with van der Waals surface area (Å²) < 4.78 is 3.72. The topological polar surface area (TPSA) is 52.9 Å². The van der Waals surface area contributed by atoms with E-state index in [-0.39, 0.29) is 5.56 Å². The molecule has 0 unspecified atom stereocenters. The zero-order chi connectivity index (χ0) is 12.6. The van der Waals surface area contributed by atoms with Crippen LogP contribution in [-0.4, -0.2) is 9.36 Å². The normalized spacial score (nSPS) is 11.6. The highest BCUT2D eigenvalue weighted by Gasteiger charge is 2.11. The monoisotopic (exact) mass is 233 g/mol. The predicted molar refractivity (Wildman–Crippen MR) is 69.9 cm³/mol. The van der Waals surface area contributed by atoms with Crippen LogP contribution >= 0.6 is 0 Å². The zero-order valence-electron chi connectivity index (χ0n) is 10.6. The molecule has 92 valence electrons. The van der Waals surface area contributed by atoms with E-state index in [1.54, 1.807) is 4.68 Å². The number of rotatable bonds is 3. The van der Waals surface area contributed by atoms with Gasteiger partial charge in [0.1, 0.15) is 0 Å². The summed E-state index contributed by atoms with van der Waals surface area (Å²) in [5.74, 6) is 0.449. The van der Waals surface area contributed by atoms with E-state index in [2.05, 4.69) is 13.8 Å². The number of aryl methyl sites for hydroxylation is 1. The first-order valence-electron chi connectivity index (χ1n) is 5.93. The van der Waals surface area contributed by atoms with Crippen LogP contribution in [-0.2, 0) is 20.1 Å². The van der Waals surface area contributed by atoms with Crippen LogP contribution < -0.4 is 11.3 Å². The molecule has 0 fully saturated rings. The molecule has 0 radical (unpaired) electrons. The Morgan fingerprint density at radius 3 is 2.65 bits per heavy atom. The predicted octanol–water partition coefficient (Wildman–Crippen LogP) is 1.45. The minimum absolute atomic E-state index is 0.0755. The fourth-order valence-corrected chi connectivity index (χ4v) is 2.12. The van der Waals surface area contributed by atoms with Gasteiger partial charge < -0.3 is 5.73 Å².